The Hall–Kier alpha value is -0.220. The quantitative estimate of drug-likeness (QED) is 0.840. The molecule has 2 aliphatic heterocycles. The average Bonchev–Trinajstić information content (AvgIpc) is 2.96. The summed E-state index contributed by atoms with van der Waals surface area (Å²) < 4.78 is 5.83. The van der Waals surface area contributed by atoms with Gasteiger partial charge in [0.15, 0.2) is 5.17 Å². The Morgan fingerprint density at radius 3 is 2.94 bits per heavy atom. The van der Waals surface area contributed by atoms with Crippen LogP contribution >= 0.6 is 11.8 Å². The number of nitrogens with zero attached hydrogens (tertiary/aromatic N) is 1. The Kier molecular flexibility index (Phi) is 3.11. The van der Waals surface area contributed by atoms with Crippen molar-refractivity contribution in [1.29, 1.82) is 0 Å². The van der Waals surface area contributed by atoms with E-state index in [0.29, 0.717) is 12.1 Å². The van der Waals surface area contributed by atoms with E-state index < -0.39 is 0 Å². The summed E-state index contributed by atoms with van der Waals surface area (Å²) in [6.07, 6.45) is 5.37. The van der Waals surface area contributed by atoms with Gasteiger partial charge in [-0.1, -0.05) is 18.7 Å². The molecule has 0 aromatic rings. The highest BCUT2D eigenvalue weighted by Crippen LogP contribution is 2.40. The number of rotatable bonds is 3. The molecule has 3 atom stereocenters. The first-order valence-corrected chi connectivity index (χ1v) is 7.79. The maximum Gasteiger partial charge on any atom is 0.157 e. The molecule has 96 valence electrons. The highest BCUT2D eigenvalue weighted by atomic mass is 32.2. The van der Waals surface area contributed by atoms with Gasteiger partial charge in [0.1, 0.15) is 0 Å². The van der Waals surface area contributed by atoms with Crippen molar-refractivity contribution in [3.63, 3.8) is 0 Å². The molecule has 2 saturated heterocycles. The summed E-state index contributed by atoms with van der Waals surface area (Å²) in [5, 5.41) is 4.73. The fourth-order valence-corrected chi connectivity index (χ4v) is 3.84. The summed E-state index contributed by atoms with van der Waals surface area (Å²) in [6, 6.07) is 0.414. The second-order valence-electron chi connectivity index (χ2n) is 5.79. The van der Waals surface area contributed by atoms with Gasteiger partial charge in [-0.2, -0.15) is 0 Å². The highest BCUT2D eigenvalue weighted by molar-refractivity contribution is 8.14. The summed E-state index contributed by atoms with van der Waals surface area (Å²) in [6.45, 7) is 5.42. The molecule has 17 heavy (non-hydrogen) atoms. The molecule has 3 unspecified atom stereocenters. The van der Waals surface area contributed by atoms with Crippen LogP contribution in [0.1, 0.15) is 39.5 Å². The molecule has 0 amide bonds. The van der Waals surface area contributed by atoms with Crippen molar-refractivity contribution in [2.45, 2.75) is 57.2 Å². The van der Waals surface area contributed by atoms with E-state index in [1.165, 1.54) is 12.8 Å². The van der Waals surface area contributed by atoms with Crippen LogP contribution in [0.4, 0.5) is 0 Å². The maximum absolute atomic E-state index is 5.83. The van der Waals surface area contributed by atoms with E-state index in [0.717, 1.165) is 36.3 Å². The number of hydrogen-bond acceptors (Lipinski definition) is 3. The van der Waals surface area contributed by atoms with Gasteiger partial charge in [-0.05, 0) is 38.5 Å². The van der Waals surface area contributed by atoms with Gasteiger partial charge in [-0.3, -0.25) is 4.99 Å². The van der Waals surface area contributed by atoms with Crippen LogP contribution in [0.2, 0.25) is 0 Å². The smallest absolute Gasteiger partial charge is 0.157 e. The lowest BCUT2D eigenvalue weighted by Crippen LogP contribution is -2.40. The highest BCUT2D eigenvalue weighted by Gasteiger charge is 2.41. The summed E-state index contributed by atoms with van der Waals surface area (Å²) in [5.41, 5.74) is 0.248. The third kappa shape index (κ3) is 2.48. The van der Waals surface area contributed by atoms with Crippen molar-refractivity contribution < 1.29 is 4.74 Å². The van der Waals surface area contributed by atoms with Crippen LogP contribution in [0.5, 0.6) is 0 Å². The van der Waals surface area contributed by atoms with Crippen molar-refractivity contribution in [1.82, 2.24) is 5.32 Å². The van der Waals surface area contributed by atoms with Crippen molar-refractivity contribution in [3.05, 3.63) is 0 Å². The van der Waals surface area contributed by atoms with Gasteiger partial charge in [0.2, 0.25) is 0 Å². The molecule has 0 radical (unpaired) electrons. The molecule has 3 rings (SSSR count). The van der Waals surface area contributed by atoms with Gasteiger partial charge in [0, 0.05) is 17.9 Å². The molecule has 2 heterocycles. The van der Waals surface area contributed by atoms with Crippen molar-refractivity contribution in [2.75, 3.05) is 12.4 Å². The van der Waals surface area contributed by atoms with Gasteiger partial charge in [0.25, 0.3) is 0 Å². The molecule has 3 aliphatic rings. The van der Waals surface area contributed by atoms with E-state index in [1.807, 2.05) is 11.8 Å². The standard InChI is InChI=1S/C13H22N2OS/c1-3-13(2)8-17-12(15-13)14-10-6-7-16-11(10)9-4-5-9/h9-11H,3-8H2,1-2H3,(H,14,15). The minimum Gasteiger partial charge on any atom is -0.376 e. The number of hydrogen-bond donors (Lipinski definition) is 1. The van der Waals surface area contributed by atoms with Gasteiger partial charge in [-0.15, -0.1) is 0 Å². The molecule has 0 bridgehead atoms. The summed E-state index contributed by atoms with van der Waals surface area (Å²) in [5.74, 6) is 1.94. The number of nitrogens with one attached hydrogen (secondary N) is 1. The molecular weight excluding hydrogens is 232 g/mol. The zero-order chi connectivity index (χ0) is 11.9. The SMILES string of the molecule is CCC1(C)CSC(=NC2CCOC2C2CC2)N1. The number of aliphatic imine (C=N–C) groups is 1. The van der Waals surface area contributed by atoms with E-state index in [9.17, 15) is 0 Å². The van der Waals surface area contributed by atoms with E-state index in [4.69, 9.17) is 9.73 Å². The lowest BCUT2D eigenvalue weighted by atomic mass is 10.0. The predicted octanol–water partition coefficient (Wildman–Crippen LogP) is 2.42. The first kappa shape index (κ1) is 11.8. The Morgan fingerprint density at radius 1 is 1.47 bits per heavy atom. The molecule has 3 fully saturated rings. The van der Waals surface area contributed by atoms with Gasteiger partial charge >= 0.3 is 0 Å². The molecule has 1 N–H and O–H groups in total. The fraction of sp³-hybridized carbons (Fsp3) is 0.923. The normalized spacial score (nSPS) is 44.2. The third-order valence-electron chi connectivity index (χ3n) is 4.19. The zero-order valence-corrected chi connectivity index (χ0v) is 11.6. The lowest BCUT2D eigenvalue weighted by molar-refractivity contribution is 0.0875. The van der Waals surface area contributed by atoms with Crippen LogP contribution in [0.15, 0.2) is 4.99 Å². The summed E-state index contributed by atoms with van der Waals surface area (Å²) in [4.78, 5) is 4.90. The monoisotopic (exact) mass is 254 g/mol. The van der Waals surface area contributed by atoms with E-state index in [1.54, 1.807) is 0 Å². The Balaban J connectivity index is 1.65. The molecule has 0 aromatic heterocycles. The fourth-order valence-electron chi connectivity index (χ4n) is 2.58. The van der Waals surface area contributed by atoms with Crippen LogP contribution in [0.3, 0.4) is 0 Å². The van der Waals surface area contributed by atoms with E-state index in [-0.39, 0.29) is 5.54 Å². The molecule has 0 aromatic carbocycles. The van der Waals surface area contributed by atoms with Gasteiger partial charge in [0.05, 0.1) is 12.1 Å². The summed E-state index contributed by atoms with van der Waals surface area (Å²) in [7, 11) is 0. The van der Waals surface area contributed by atoms with Crippen molar-refractivity contribution >= 4 is 16.9 Å². The molecular formula is C13H22N2OS. The van der Waals surface area contributed by atoms with E-state index in [2.05, 4.69) is 19.2 Å². The number of thioether (sulfide) groups is 1. The molecule has 4 heteroatoms. The first-order valence-electron chi connectivity index (χ1n) is 6.80. The second kappa shape index (κ2) is 4.47. The first-order chi connectivity index (χ1) is 8.20. The zero-order valence-electron chi connectivity index (χ0n) is 10.7. The topological polar surface area (TPSA) is 33.6 Å². The second-order valence-corrected chi connectivity index (χ2v) is 6.76. The van der Waals surface area contributed by atoms with Crippen molar-refractivity contribution in [3.8, 4) is 0 Å². The Bertz CT molecular complexity index is 329. The van der Waals surface area contributed by atoms with Crippen LogP contribution in [-0.2, 0) is 4.74 Å². The van der Waals surface area contributed by atoms with Crippen LogP contribution in [0, 0.1) is 5.92 Å². The minimum atomic E-state index is 0.248. The maximum atomic E-state index is 5.83. The Morgan fingerprint density at radius 2 is 2.29 bits per heavy atom. The molecule has 1 aliphatic carbocycles. The predicted molar refractivity (Wildman–Crippen MR) is 72.6 cm³/mol. The van der Waals surface area contributed by atoms with E-state index >= 15 is 0 Å². The van der Waals surface area contributed by atoms with Gasteiger partial charge < -0.3 is 10.1 Å². The van der Waals surface area contributed by atoms with Crippen LogP contribution < -0.4 is 5.32 Å². The molecule has 1 saturated carbocycles. The summed E-state index contributed by atoms with van der Waals surface area (Å²) >= 11 is 1.88. The minimum absolute atomic E-state index is 0.248. The van der Waals surface area contributed by atoms with Gasteiger partial charge in [-0.25, -0.2) is 0 Å². The lowest BCUT2D eigenvalue weighted by Gasteiger charge is -2.21. The molecule has 3 nitrogen and oxygen atoms in total. The third-order valence-corrected chi connectivity index (χ3v) is 5.45. The number of amidine groups is 1. The Labute approximate surface area is 108 Å². The molecule has 0 spiro atoms. The average molecular weight is 254 g/mol. The van der Waals surface area contributed by atoms with Crippen LogP contribution in [-0.4, -0.2) is 35.2 Å². The van der Waals surface area contributed by atoms with Crippen LogP contribution in [0.25, 0.3) is 0 Å². The number of ether oxygens (including phenoxy) is 1. The van der Waals surface area contributed by atoms with Crippen molar-refractivity contribution in [2.24, 2.45) is 10.9 Å². The largest absolute Gasteiger partial charge is 0.376 e.